The maximum Gasteiger partial charge on any atom is 0.329 e. The standard InChI is InChI=1S/C24H29BrN4O5/c1-6-16(4)27-23(31)24(32)29-26-12-17-10-19(25)22(20(11-17)33-5)34-13-21(30)28-18-8-14(2)7-15(3)9-18/h7-12,16H,6,13H2,1-5H3,(H,27,31)(H,28,30)(H,29,32)/b26-12-/t16-/m1/s1. The number of nitrogens with zero attached hydrogens (tertiary/aromatic N) is 1. The van der Waals surface area contributed by atoms with Gasteiger partial charge in [0.05, 0.1) is 17.8 Å². The van der Waals surface area contributed by atoms with Gasteiger partial charge < -0.3 is 20.1 Å². The molecule has 10 heteroatoms. The van der Waals surface area contributed by atoms with Crippen molar-refractivity contribution in [2.75, 3.05) is 19.0 Å². The maximum atomic E-state index is 12.3. The van der Waals surface area contributed by atoms with Crippen molar-refractivity contribution < 1.29 is 23.9 Å². The molecule has 0 aliphatic heterocycles. The van der Waals surface area contributed by atoms with Gasteiger partial charge in [-0.3, -0.25) is 14.4 Å². The normalized spacial score (nSPS) is 11.6. The molecule has 2 aromatic rings. The number of hydrogen-bond acceptors (Lipinski definition) is 6. The topological polar surface area (TPSA) is 118 Å². The average molecular weight is 533 g/mol. The SMILES string of the molecule is CC[C@@H](C)NC(=O)C(=O)N/N=C\c1cc(Br)c(OCC(=O)Nc2cc(C)cc(C)c2)c(OC)c1. The van der Waals surface area contributed by atoms with E-state index in [0.717, 1.165) is 11.1 Å². The molecule has 3 N–H and O–H groups in total. The number of ether oxygens (including phenoxy) is 2. The minimum Gasteiger partial charge on any atom is -0.493 e. The van der Waals surface area contributed by atoms with Crippen molar-refractivity contribution in [2.24, 2.45) is 5.10 Å². The highest BCUT2D eigenvalue weighted by Crippen LogP contribution is 2.36. The van der Waals surface area contributed by atoms with Crippen molar-refractivity contribution in [3.05, 3.63) is 51.5 Å². The first-order valence-electron chi connectivity index (χ1n) is 10.6. The lowest BCUT2D eigenvalue weighted by molar-refractivity contribution is -0.139. The van der Waals surface area contributed by atoms with Crippen LogP contribution in [0.4, 0.5) is 5.69 Å². The molecular weight excluding hydrogens is 504 g/mol. The molecule has 0 fully saturated rings. The van der Waals surface area contributed by atoms with Crippen LogP contribution in [0.2, 0.25) is 0 Å². The summed E-state index contributed by atoms with van der Waals surface area (Å²) >= 11 is 3.40. The fourth-order valence-corrected chi connectivity index (χ4v) is 3.52. The number of hydrogen-bond donors (Lipinski definition) is 3. The van der Waals surface area contributed by atoms with Crippen molar-refractivity contribution in [3.8, 4) is 11.5 Å². The Kier molecular flexibility index (Phi) is 10.1. The van der Waals surface area contributed by atoms with E-state index >= 15 is 0 Å². The van der Waals surface area contributed by atoms with E-state index in [4.69, 9.17) is 9.47 Å². The third-order valence-corrected chi connectivity index (χ3v) is 5.27. The molecule has 182 valence electrons. The lowest BCUT2D eigenvalue weighted by Gasteiger charge is -2.14. The fraction of sp³-hybridized carbons (Fsp3) is 0.333. The molecule has 0 unspecified atom stereocenters. The summed E-state index contributed by atoms with van der Waals surface area (Å²) in [7, 11) is 1.46. The number of aryl methyl sites for hydroxylation is 2. The number of carbonyl (C=O) groups excluding carboxylic acids is 3. The van der Waals surface area contributed by atoms with Crippen LogP contribution in [-0.4, -0.2) is 43.7 Å². The Morgan fingerprint density at radius 2 is 1.76 bits per heavy atom. The Bertz CT molecular complexity index is 1070. The Morgan fingerprint density at radius 1 is 1.09 bits per heavy atom. The number of anilines is 1. The van der Waals surface area contributed by atoms with Gasteiger partial charge in [0.2, 0.25) is 0 Å². The highest BCUT2D eigenvalue weighted by atomic mass is 79.9. The fourth-order valence-electron chi connectivity index (χ4n) is 2.94. The van der Waals surface area contributed by atoms with E-state index in [0.29, 0.717) is 33.6 Å². The van der Waals surface area contributed by atoms with Crippen LogP contribution in [0.5, 0.6) is 11.5 Å². The maximum absolute atomic E-state index is 12.3. The molecule has 34 heavy (non-hydrogen) atoms. The quantitative estimate of drug-likeness (QED) is 0.259. The molecule has 3 amide bonds. The van der Waals surface area contributed by atoms with Crippen molar-refractivity contribution in [1.82, 2.24) is 10.7 Å². The lowest BCUT2D eigenvalue weighted by Crippen LogP contribution is -2.41. The van der Waals surface area contributed by atoms with Crippen molar-refractivity contribution in [1.29, 1.82) is 0 Å². The zero-order valence-corrected chi connectivity index (χ0v) is 21.4. The predicted octanol–water partition coefficient (Wildman–Crippen LogP) is 3.46. The first-order valence-corrected chi connectivity index (χ1v) is 11.4. The number of rotatable bonds is 9. The van der Waals surface area contributed by atoms with Crippen molar-refractivity contribution in [3.63, 3.8) is 0 Å². The van der Waals surface area contributed by atoms with Crippen LogP contribution in [0.3, 0.4) is 0 Å². The lowest BCUT2D eigenvalue weighted by atomic mass is 10.1. The van der Waals surface area contributed by atoms with E-state index in [1.807, 2.05) is 39.0 Å². The summed E-state index contributed by atoms with van der Waals surface area (Å²) in [5.74, 6) is -1.24. The van der Waals surface area contributed by atoms with Crippen LogP contribution < -0.4 is 25.5 Å². The predicted molar refractivity (Wildman–Crippen MR) is 134 cm³/mol. The smallest absolute Gasteiger partial charge is 0.329 e. The van der Waals surface area contributed by atoms with Gasteiger partial charge in [-0.1, -0.05) is 13.0 Å². The van der Waals surface area contributed by atoms with Gasteiger partial charge in [0, 0.05) is 11.7 Å². The van der Waals surface area contributed by atoms with Crippen LogP contribution >= 0.6 is 15.9 Å². The number of methoxy groups -OCH3 is 1. The van der Waals surface area contributed by atoms with Crippen molar-refractivity contribution >= 4 is 45.6 Å². The first kappa shape index (κ1) is 26.8. The highest BCUT2D eigenvalue weighted by molar-refractivity contribution is 9.10. The molecule has 0 aliphatic carbocycles. The summed E-state index contributed by atoms with van der Waals surface area (Å²) < 4.78 is 11.6. The zero-order valence-electron chi connectivity index (χ0n) is 19.8. The van der Waals surface area contributed by atoms with Crippen molar-refractivity contribution in [2.45, 2.75) is 40.2 Å². The zero-order chi connectivity index (χ0) is 25.3. The molecule has 0 bridgehead atoms. The van der Waals surface area contributed by atoms with Crippen LogP contribution in [0.25, 0.3) is 0 Å². The Balaban J connectivity index is 2.00. The highest BCUT2D eigenvalue weighted by Gasteiger charge is 2.15. The second-order valence-electron chi connectivity index (χ2n) is 7.73. The minimum atomic E-state index is -0.864. The number of benzene rings is 2. The second-order valence-corrected chi connectivity index (χ2v) is 8.58. The molecule has 0 aromatic heterocycles. The summed E-state index contributed by atoms with van der Waals surface area (Å²) in [6.45, 7) is 7.39. The number of halogens is 1. The molecule has 0 saturated carbocycles. The third kappa shape index (κ3) is 8.18. The third-order valence-electron chi connectivity index (χ3n) is 4.68. The Morgan fingerprint density at radius 3 is 2.38 bits per heavy atom. The molecule has 9 nitrogen and oxygen atoms in total. The van der Waals surface area contributed by atoms with E-state index in [1.54, 1.807) is 19.1 Å². The monoisotopic (exact) mass is 532 g/mol. The van der Waals surface area contributed by atoms with Gasteiger partial charge in [-0.2, -0.15) is 5.10 Å². The molecule has 0 radical (unpaired) electrons. The van der Waals surface area contributed by atoms with Crippen LogP contribution in [0, 0.1) is 13.8 Å². The van der Waals surface area contributed by atoms with E-state index in [-0.39, 0.29) is 18.6 Å². The first-order chi connectivity index (χ1) is 16.1. The van der Waals surface area contributed by atoms with E-state index in [9.17, 15) is 14.4 Å². The minimum absolute atomic E-state index is 0.113. The summed E-state index contributed by atoms with van der Waals surface area (Å²) in [4.78, 5) is 35.9. The van der Waals surface area contributed by atoms with Crippen LogP contribution in [0.1, 0.15) is 37.0 Å². The summed E-state index contributed by atoms with van der Waals surface area (Å²) in [6.07, 6.45) is 2.07. The molecule has 0 spiro atoms. The Hall–Kier alpha value is -3.40. The van der Waals surface area contributed by atoms with Gasteiger partial charge in [0.1, 0.15) is 0 Å². The van der Waals surface area contributed by atoms with Crippen LogP contribution in [-0.2, 0) is 14.4 Å². The molecule has 0 heterocycles. The molecule has 0 saturated heterocycles. The summed E-state index contributed by atoms with van der Waals surface area (Å²) in [5.41, 5.74) is 5.54. The molecule has 1 atom stereocenters. The summed E-state index contributed by atoms with van der Waals surface area (Å²) in [5, 5.41) is 9.18. The number of amides is 3. The Labute approximate surface area is 207 Å². The van der Waals surface area contributed by atoms with Gasteiger partial charge in [0.15, 0.2) is 18.1 Å². The molecule has 2 rings (SSSR count). The molecule has 0 aliphatic rings. The van der Waals surface area contributed by atoms with Crippen LogP contribution in [0.15, 0.2) is 39.9 Å². The van der Waals surface area contributed by atoms with Gasteiger partial charge in [0.25, 0.3) is 5.91 Å². The summed E-state index contributed by atoms with van der Waals surface area (Å²) in [6, 6.07) is 8.96. The van der Waals surface area contributed by atoms with Gasteiger partial charge in [-0.05, 0) is 84.1 Å². The second kappa shape index (κ2) is 12.7. The largest absolute Gasteiger partial charge is 0.493 e. The van der Waals surface area contributed by atoms with E-state index in [2.05, 4.69) is 37.1 Å². The van der Waals surface area contributed by atoms with E-state index < -0.39 is 11.8 Å². The van der Waals surface area contributed by atoms with E-state index in [1.165, 1.54) is 13.3 Å². The number of carbonyl (C=O) groups is 3. The van der Waals surface area contributed by atoms with Gasteiger partial charge in [-0.25, -0.2) is 5.43 Å². The number of hydrazone groups is 1. The molecular formula is C24H29BrN4O5. The number of nitrogens with one attached hydrogen (secondary N) is 3. The van der Waals surface area contributed by atoms with Gasteiger partial charge >= 0.3 is 11.8 Å². The molecule has 2 aromatic carbocycles. The van der Waals surface area contributed by atoms with Gasteiger partial charge in [-0.15, -0.1) is 0 Å². The average Bonchev–Trinajstić information content (AvgIpc) is 2.76.